The number of nitrogens with one attached hydrogen (secondary N) is 4. The Labute approximate surface area is 779 Å². The molecule has 8 fully saturated rings. The second-order valence-electron chi connectivity index (χ2n) is 36.9. The third kappa shape index (κ3) is 18.1. The number of pyridine rings is 4. The minimum Gasteiger partial charge on any atom is -0.476 e. The molecule has 0 unspecified atom stereocenters. The number of aromatic amines is 4. The third-order valence-corrected chi connectivity index (χ3v) is 29.7. The number of ketones is 4. The monoisotopic (exact) mass is 2010 g/mol. The minimum atomic E-state index is -1.12. The number of nitrogens with zero attached hydrogens (tertiary/aromatic N) is 13. The van der Waals surface area contributed by atoms with Crippen molar-refractivity contribution in [1.82, 2.24) is 80.3 Å². The van der Waals surface area contributed by atoms with Gasteiger partial charge in [0.15, 0.2) is 34.5 Å². The van der Waals surface area contributed by atoms with Crippen LogP contribution in [0.2, 0.25) is 5.15 Å². The number of piperidine rings is 4. The highest BCUT2D eigenvalue weighted by atomic mass is 79.9. The molecular formula is C95H91Br4ClN18O11. The predicted octanol–water partition coefficient (Wildman–Crippen LogP) is 15.1. The quantitative estimate of drug-likeness (QED) is 0.0271. The number of H-pyrrole nitrogens is 4. The van der Waals surface area contributed by atoms with Crippen molar-refractivity contribution in [2.24, 2.45) is 27.4 Å². The van der Waals surface area contributed by atoms with Gasteiger partial charge < -0.3 is 35.3 Å². The van der Waals surface area contributed by atoms with Gasteiger partial charge in [0, 0.05) is 45.7 Å². The summed E-state index contributed by atoms with van der Waals surface area (Å²) in [5, 5.41) is 39.4. The number of carboxylic acid groups (broad SMARTS) is 1. The van der Waals surface area contributed by atoms with Crippen LogP contribution in [-0.2, 0) is 89.7 Å². The van der Waals surface area contributed by atoms with Crippen LogP contribution in [0.3, 0.4) is 0 Å². The van der Waals surface area contributed by atoms with Crippen LogP contribution in [0.5, 0.6) is 0 Å². The maximum absolute atomic E-state index is 13.4. The van der Waals surface area contributed by atoms with E-state index in [0.717, 1.165) is 105 Å². The summed E-state index contributed by atoms with van der Waals surface area (Å²) in [6, 6.07) is 35.7. The second-order valence-corrected chi connectivity index (χ2v) is 40.6. The van der Waals surface area contributed by atoms with Crippen LogP contribution < -0.4 is 5.73 Å². The van der Waals surface area contributed by atoms with Crippen molar-refractivity contribution in [3.63, 3.8) is 0 Å². The molecule has 4 aliphatic heterocycles. The molecule has 7 N–H and O–H groups in total. The van der Waals surface area contributed by atoms with E-state index >= 15 is 0 Å². The number of primary amides is 1. The van der Waals surface area contributed by atoms with Gasteiger partial charge in [-0.1, -0.05) is 100 Å². The molecule has 8 aliphatic rings. The number of carbonyl (C=O) groups excluding carboxylic acids is 9. The number of aryl methyl sites for hydroxylation is 4. The molecule has 0 radical (unpaired) electrons. The van der Waals surface area contributed by atoms with Crippen LogP contribution in [0.15, 0.2) is 140 Å². The standard InChI is InChI=1S/C24H24BrN5O3.C24H22BrN5O2.C24H23BrN4O4.C23H22BrClN4O2/c1-12-3-6-20(25)27-16(12)9-18(31)17-10-24(2)11-19(24)30(17)21(32)8-13-4-5-15-14(7-13)22(23(26)33)29-28-15;1-13-4-7-21(25)27-17(13)10-19(31)18-11-24(2)12-20(24)30(18)22(32)9-14-5-6-16-15(8-14)23(26-3)29-28-16;1-12-3-6-20(25)26-16(12)9-18(30)17-10-24(2)11-19(24)29(17)21(31)8-13-4-5-15-14(7-13)22(23(32)33)28-27-15;1-12-3-6-20(24)26-16(12)9-18(30)17-10-23(2)11-19(23)29(17)21(31)8-13-4-5-15-14(7-13)22(25)28-27-15/h3-7,17,19H,8-11H2,1-2H3,(H2,26,33)(H,28,29);4-8,18,20H,9-12H2,1-2H3,(H,28,29);3-7,17,19H,8-11H2,1-2H3,(H,27,28)(H,32,33);3-7,17,19H,8-11H2,1-2H3,(H,27,28)/t17-,19+,24-;18-,20+,24-;17-,19+,24-;17-,19+,23-/m0000/s1. The van der Waals surface area contributed by atoms with Crippen molar-refractivity contribution in [3.8, 4) is 0 Å². The molecule has 8 aromatic heterocycles. The first-order valence-electron chi connectivity index (χ1n) is 42.6. The number of aromatic nitrogens is 12. The van der Waals surface area contributed by atoms with E-state index in [2.05, 4.69) is 157 Å². The molecule has 29 nitrogen and oxygen atoms in total. The summed E-state index contributed by atoms with van der Waals surface area (Å²) in [6.45, 7) is 23.6. The number of carbonyl (C=O) groups is 10. The molecule has 0 bridgehead atoms. The van der Waals surface area contributed by atoms with Crippen LogP contribution in [0.25, 0.3) is 48.5 Å². The lowest BCUT2D eigenvalue weighted by molar-refractivity contribution is -0.138. The van der Waals surface area contributed by atoms with Gasteiger partial charge in [-0.15, -0.1) is 5.10 Å². The van der Waals surface area contributed by atoms with Gasteiger partial charge >= 0.3 is 5.97 Å². The average molecular weight is 2020 g/mol. The van der Waals surface area contributed by atoms with Crippen LogP contribution in [0.4, 0.5) is 5.82 Å². The van der Waals surface area contributed by atoms with Gasteiger partial charge in [0.1, 0.15) is 29.1 Å². The van der Waals surface area contributed by atoms with Crippen molar-refractivity contribution in [2.75, 3.05) is 0 Å². The molecule has 4 aromatic carbocycles. The number of rotatable bonds is 22. The second kappa shape index (κ2) is 34.8. The molecule has 5 amide bonds. The number of halogens is 5. The normalized spacial score (nSPS) is 23.8. The highest BCUT2D eigenvalue weighted by molar-refractivity contribution is 9.11. The van der Waals surface area contributed by atoms with Gasteiger partial charge in [0.05, 0.1) is 115 Å². The van der Waals surface area contributed by atoms with E-state index in [4.69, 9.17) is 23.9 Å². The van der Waals surface area contributed by atoms with Gasteiger partial charge in [-0.3, -0.25) is 58.4 Å². The van der Waals surface area contributed by atoms with E-state index in [-0.39, 0.29) is 155 Å². The van der Waals surface area contributed by atoms with Crippen LogP contribution in [0, 0.1) is 55.9 Å². The highest BCUT2D eigenvalue weighted by Gasteiger charge is 2.67. The summed E-state index contributed by atoms with van der Waals surface area (Å²) < 4.78 is 2.78. The summed E-state index contributed by atoms with van der Waals surface area (Å²) in [4.78, 5) is 158. The predicted molar refractivity (Wildman–Crippen MR) is 495 cm³/mol. The van der Waals surface area contributed by atoms with E-state index in [1.165, 1.54) is 0 Å². The summed E-state index contributed by atoms with van der Waals surface area (Å²) in [7, 11) is 0. The number of hydrogen-bond acceptors (Lipinski definition) is 18. The highest BCUT2D eigenvalue weighted by Crippen LogP contribution is 2.63. The van der Waals surface area contributed by atoms with Crippen molar-refractivity contribution in [3.05, 3.63) is 235 Å². The summed E-state index contributed by atoms with van der Waals surface area (Å²) >= 11 is 19.7. The fourth-order valence-electron chi connectivity index (χ4n) is 19.8. The van der Waals surface area contributed by atoms with Gasteiger partial charge in [0.25, 0.3) is 11.7 Å². The maximum Gasteiger partial charge on any atom is 0.357 e. The van der Waals surface area contributed by atoms with Crippen LogP contribution >= 0.6 is 75.3 Å². The largest absolute Gasteiger partial charge is 0.476 e. The zero-order chi connectivity index (χ0) is 91.5. The van der Waals surface area contributed by atoms with E-state index in [1.54, 1.807) is 40.1 Å². The van der Waals surface area contributed by atoms with Crippen molar-refractivity contribution in [2.45, 2.75) is 206 Å². The summed E-state index contributed by atoms with van der Waals surface area (Å²) in [5.74, 6) is -1.50. The first kappa shape index (κ1) is 89.5. The van der Waals surface area contributed by atoms with Crippen molar-refractivity contribution in [1.29, 1.82) is 0 Å². The average Bonchev–Trinajstić information content (AvgIpc) is 1.56. The van der Waals surface area contributed by atoms with E-state index in [0.29, 0.717) is 86.9 Å². The van der Waals surface area contributed by atoms with Gasteiger partial charge in [0.2, 0.25) is 23.6 Å². The number of likely N-dealkylation sites (tertiary alicyclic amines) is 4. The van der Waals surface area contributed by atoms with E-state index in [9.17, 15) is 53.1 Å². The van der Waals surface area contributed by atoms with Crippen molar-refractivity contribution >= 4 is 183 Å². The Kier molecular flexibility index (Phi) is 24.1. The molecule has 4 saturated heterocycles. The Bertz CT molecular complexity index is 6560. The number of fused-ring (bicyclic) bond motifs is 8. The number of aromatic carboxylic acids is 1. The summed E-state index contributed by atoms with van der Waals surface area (Å²) in [6.07, 6.45) is 8.03. The zero-order valence-corrected chi connectivity index (χ0v) is 78.9. The number of Topliss-reactive ketones (excluding diaryl/α,β-unsaturated/α-hetero) is 4. The maximum atomic E-state index is 13.4. The zero-order valence-electron chi connectivity index (χ0n) is 71.8. The fourth-order valence-corrected chi connectivity index (χ4v) is 21.4. The lowest BCUT2D eigenvalue weighted by Crippen LogP contribution is -2.44. The minimum absolute atomic E-state index is 0.00336. The molecule has 12 aromatic rings. The number of benzene rings is 4. The first-order valence-corrected chi connectivity index (χ1v) is 46.2. The lowest BCUT2D eigenvalue weighted by Gasteiger charge is -2.27. The molecule has 0 spiro atoms. The molecule has 20 rings (SSSR count). The smallest absolute Gasteiger partial charge is 0.357 e. The Morgan fingerprint density at radius 3 is 1.02 bits per heavy atom. The SMILES string of the molecule is Cc1ccc(Br)nc1CC(=O)[C@@H]1C[C@@]2(C)C[C@H]2N1C(=O)Cc1ccc2[nH]nc(C(=O)O)c2c1.Cc1ccc(Br)nc1CC(=O)[C@@H]1C[C@@]2(C)C[C@H]2N1C(=O)Cc1ccc2[nH]nc(C(N)=O)c2c1.Cc1ccc(Br)nc1CC(=O)[C@@H]1C[C@@]2(C)C[C@H]2N1C(=O)Cc1ccc2n[nH]c(Cl)c2c1.[C-]#[N+]c1[nH]nc2ccc(CC(=O)N3[C@H](C(=O)Cc4nc(Br)ccc4C)C[C@@]4(C)C[C@@H]34)cc12. The third-order valence-electron chi connectivity index (χ3n) is 27.6. The van der Waals surface area contributed by atoms with E-state index in [1.807, 2.05) is 128 Å². The van der Waals surface area contributed by atoms with Crippen molar-refractivity contribution < 1.29 is 53.1 Å². The van der Waals surface area contributed by atoms with Gasteiger partial charge in [-0.2, -0.15) is 15.3 Å². The first-order chi connectivity index (χ1) is 61.4. The number of nitrogens with two attached hydrogens (primary N) is 1. The Morgan fingerprint density at radius 1 is 0.403 bits per heavy atom. The Morgan fingerprint density at radius 2 is 0.698 bits per heavy atom. The van der Waals surface area contributed by atoms with E-state index < -0.39 is 36.0 Å². The molecule has 4 aliphatic carbocycles. The summed E-state index contributed by atoms with van der Waals surface area (Å²) in [5.41, 5.74) is 18.3. The number of amides is 5. The fraction of sp³-hybridized carbons (Fsp3) is 0.379. The molecule has 12 heterocycles. The molecule has 4 saturated carbocycles. The number of hydrogen-bond donors (Lipinski definition) is 6. The molecular weight excluding hydrogens is 1920 g/mol. The van der Waals surface area contributed by atoms with Crippen LogP contribution in [0.1, 0.15) is 167 Å². The Hall–Kier alpha value is -11.4. The van der Waals surface area contributed by atoms with Gasteiger partial charge in [-0.25, -0.2) is 29.8 Å². The van der Waals surface area contributed by atoms with Crippen LogP contribution in [-0.4, -0.2) is 192 Å². The lowest BCUT2D eigenvalue weighted by atomic mass is 9.96. The molecule has 12 atom stereocenters. The molecule has 34 heteroatoms. The Balaban J connectivity index is 0.000000121. The number of carboxylic acids is 1. The molecule has 129 heavy (non-hydrogen) atoms. The topological polar surface area (TPSA) is 401 Å². The van der Waals surface area contributed by atoms with Gasteiger partial charge in [-0.05, 0) is 276 Å². The molecule has 662 valence electrons.